The number of imide groups is 1. The molecule has 1 aromatic heterocycles. The third-order valence-corrected chi connectivity index (χ3v) is 5.36. The van der Waals surface area contributed by atoms with Crippen molar-refractivity contribution in [2.45, 2.75) is 32.1 Å². The van der Waals surface area contributed by atoms with Crippen LogP contribution >= 0.6 is 11.3 Å². The second kappa shape index (κ2) is 8.22. The van der Waals surface area contributed by atoms with Crippen molar-refractivity contribution in [3.63, 3.8) is 0 Å². The van der Waals surface area contributed by atoms with Gasteiger partial charge in [0.25, 0.3) is 11.8 Å². The van der Waals surface area contributed by atoms with Crippen molar-refractivity contribution in [3.05, 3.63) is 28.0 Å². The van der Waals surface area contributed by atoms with Gasteiger partial charge in [-0.3, -0.25) is 14.9 Å². The van der Waals surface area contributed by atoms with E-state index >= 15 is 0 Å². The molecule has 0 spiro atoms. The SMILES string of the molecule is COC(=O)NC(=O)c1c(NC(=O)C2=COCCO2)sc2c1CCCCC2. The molecule has 3 amide bonds. The van der Waals surface area contributed by atoms with Crippen LogP contribution in [0.3, 0.4) is 0 Å². The predicted octanol–water partition coefficient (Wildman–Crippen LogP) is 2.34. The van der Waals surface area contributed by atoms with E-state index in [1.165, 1.54) is 24.7 Å². The van der Waals surface area contributed by atoms with Gasteiger partial charge in [0.2, 0.25) is 5.76 Å². The number of anilines is 1. The number of aryl methyl sites for hydroxylation is 1. The number of hydrogen-bond donors (Lipinski definition) is 2. The van der Waals surface area contributed by atoms with Crippen molar-refractivity contribution in [2.75, 3.05) is 25.6 Å². The highest BCUT2D eigenvalue weighted by molar-refractivity contribution is 7.17. The fraction of sp³-hybridized carbons (Fsp3) is 0.471. The van der Waals surface area contributed by atoms with Crippen molar-refractivity contribution >= 4 is 34.2 Å². The smallest absolute Gasteiger partial charge is 0.413 e. The van der Waals surface area contributed by atoms with E-state index in [1.54, 1.807) is 0 Å². The summed E-state index contributed by atoms with van der Waals surface area (Å²) in [6, 6.07) is 0. The molecule has 0 saturated carbocycles. The molecule has 0 unspecified atom stereocenters. The molecule has 140 valence electrons. The van der Waals surface area contributed by atoms with Gasteiger partial charge in [-0.1, -0.05) is 6.42 Å². The molecule has 26 heavy (non-hydrogen) atoms. The number of ether oxygens (including phenoxy) is 3. The van der Waals surface area contributed by atoms with Crippen LogP contribution in [0.15, 0.2) is 12.0 Å². The van der Waals surface area contributed by atoms with Gasteiger partial charge in [0.15, 0.2) is 0 Å². The molecule has 0 radical (unpaired) electrons. The van der Waals surface area contributed by atoms with Gasteiger partial charge < -0.3 is 19.5 Å². The average Bonchev–Trinajstić information content (AvgIpc) is 2.83. The Morgan fingerprint density at radius 2 is 1.92 bits per heavy atom. The molecular weight excluding hydrogens is 360 g/mol. The van der Waals surface area contributed by atoms with Crippen LogP contribution in [0.5, 0.6) is 0 Å². The van der Waals surface area contributed by atoms with Crippen LogP contribution in [0, 0.1) is 0 Å². The topological polar surface area (TPSA) is 103 Å². The maximum Gasteiger partial charge on any atom is 0.413 e. The average molecular weight is 380 g/mol. The standard InChI is InChI=1S/C17H20N2O6S/c1-23-17(22)19-15(21)13-10-5-3-2-4-6-12(10)26-16(13)18-14(20)11-9-24-7-8-25-11/h9H,2-8H2,1H3,(H,18,20)(H,19,21,22). The summed E-state index contributed by atoms with van der Waals surface area (Å²) in [6.45, 7) is 0.673. The van der Waals surface area contributed by atoms with Crippen LogP contribution < -0.4 is 10.6 Å². The molecule has 0 saturated heterocycles. The minimum atomic E-state index is -0.840. The number of nitrogens with one attached hydrogen (secondary N) is 2. The van der Waals surface area contributed by atoms with Crippen LogP contribution in [0.2, 0.25) is 0 Å². The molecule has 0 fully saturated rings. The number of thiophene rings is 1. The number of carbonyl (C=O) groups excluding carboxylic acids is 3. The van der Waals surface area contributed by atoms with Crippen molar-refractivity contribution in [1.82, 2.24) is 5.32 Å². The van der Waals surface area contributed by atoms with E-state index in [1.807, 2.05) is 0 Å². The largest absolute Gasteiger partial charge is 0.494 e. The van der Waals surface area contributed by atoms with Crippen LogP contribution in [-0.4, -0.2) is 38.2 Å². The highest BCUT2D eigenvalue weighted by Crippen LogP contribution is 2.37. The zero-order valence-corrected chi connectivity index (χ0v) is 15.2. The molecule has 2 heterocycles. The lowest BCUT2D eigenvalue weighted by atomic mass is 10.0. The summed E-state index contributed by atoms with van der Waals surface area (Å²) in [7, 11) is 1.19. The molecule has 9 heteroatoms. The van der Waals surface area contributed by atoms with Gasteiger partial charge in [-0.25, -0.2) is 4.79 Å². The van der Waals surface area contributed by atoms with Gasteiger partial charge in [0.1, 0.15) is 24.5 Å². The van der Waals surface area contributed by atoms with Gasteiger partial charge >= 0.3 is 6.09 Å². The highest BCUT2D eigenvalue weighted by atomic mass is 32.1. The molecular formula is C17H20N2O6S. The van der Waals surface area contributed by atoms with E-state index < -0.39 is 17.9 Å². The van der Waals surface area contributed by atoms with Crippen LogP contribution in [0.4, 0.5) is 9.80 Å². The molecule has 1 aromatic rings. The van der Waals surface area contributed by atoms with E-state index in [0.717, 1.165) is 42.5 Å². The summed E-state index contributed by atoms with van der Waals surface area (Å²) < 4.78 is 14.9. The third kappa shape index (κ3) is 3.98. The number of carbonyl (C=O) groups is 3. The predicted molar refractivity (Wildman–Crippen MR) is 94.1 cm³/mol. The van der Waals surface area contributed by atoms with Crippen molar-refractivity contribution in [2.24, 2.45) is 0 Å². The lowest BCUT2D eigenvalue weighted by Gasteiger charge is -2.15. The van der Waals surface area contributed by atoms with Gasteiger partial charge in [0, 0.05) is 4.88 Å². The molecule has 2 N–H and O–H groups in total. The first-order valence-electron chi connectivity index (χ1n) is 8.40. The number of alkyl carbamates (subject to hydrolysis) is 1. The molecule has 1 aliphatic carbocycles. The van der Waals surface area contributed by atoms with E-state index in [-0.39, 0.29) is 12.4 Å². The Kier molecular flexibility index (Phi) is 5.77. The summed E-state index contributed by atoms with van der Waals surface area (Å²) in [4.78, 5) is 37.5. The fourth-order valence-electron chi connectivity index (χ4n) is 2.93. The first kappa shape index (κ1) is 18.2. The van der Waals surface area contributed by atoms with Crippen molar-refractivity contribution in [1.29, 1.82) is 0 Å². The quantitative estimate of drug-likeness (QED) is 0.780. The molecule has 2 aliphatic rings. The minimum absolute atomic E-state index is 0.0548. The molecule has 0 atom stereocenters. The third-order valence-electron chi connectivity index (χ3n) is 4.15. The number of rotatable bonds is 3. The van der Waals surface area contributed by atoms with Crippen LogP contribution in [-0.2, 0) is 31.8 Å². The molecule has 1 aliphatic heterocycles. The number of amides is 3. The monoisotopic (exact) mass is 380 g/mol. The summed E-state index contributed by atoms with van der Waals surface area (Å²) in [5.74, 6) is -1.02. The highest BCUT2D eigenvalue weighted by Gasteiger charge is 2.28. The van der Waals surface area contributed by atoms with E-state index in [0.29, 0.717) is 17.2 Å². The van der Waals surface area contributed by atoms with Gasteiger partial charge in [0.05, 0.1) is 12.7 Å². The van der Waals surface area contributed by atoms with Crippen LogP contribution in [0.1, 0.15) is 40.1 Å². The van der Waals surface area contributed by atoms with E-state index in [4.69, 9.17) is 9.47 Å². The maximum absolute atomic E-state index is 12.6. The van der Waals surface area contributed by atoms with E-state index in [2.05, 4.69) is 15.4 Å². The molecule has 3 rings (SSSR count). The Hall–Kier alpha value is -2.55. The summed E-state index contributed by atoms with van der Waals surface area (Å²) in [5, 5.41) is 5.31. The Morgan fingerprint density at radius 1 is 1.12 bits per heavy atom. The number of hydrogen-bond acceptors (Lipinski definition) is 7. The molecule has 0 bridgehead atoms. The van der Waals surface area contributed by atoms with Crippen molar-refractivity contribution in [3.8, 4) is 0 Å². The normalized spacial score (nSPS) is 16.1. The summed E-state index contributed by atoms with van der Waals surface area (Å²) in [6.07, 6.45) is 5.06. The van der Waals surface area contributed by atoms with Crippen molar-refractivity contribution < 1.29 is 28.6 Å². The number of methoxy groups -OCH3 is 1. The minimum Gasteiger partial charge on any atom is -0.494 e. The fourth-order valence-corrected chi connectivity index (χ4v) is 4.21. The summed E-state index contributed by atoms with van der Waals surface area (Å²) >= 11 is 1.36. The van der Waals surface area contributed by atoms with Crippen LogP contribution in [0.25, 0.3) is 0 Å². The Balaban J connectivity index is 1.90. The Bertz CT molecular complexity index is 755. The Labute approximate surface area is 154 Å². The zero-order chi connectivity index (χ0) is 18.5. The van der Waals surface area contributed by atoms with Gasteiger partial charge in [-0.2, -0.15) is 0 Å². The molecule has 8 nitrogen and oxygen atoms in total. The van der Waals surface area contributed by atoms with Gasteiger partial charge in [-0.05, 0) is 31.2 Å². The molecule has 0 aromatic carbocycles. The summed E-state index contributed by atoms with van der Waals surface area (Å²) in [5.41, 5.74) is 1.21. The van der Waals surface area contributed by atoms with E-state index in [9.17, 15) is 14.4 Å². The lowest BCUT2D eigenvalue weighted by molar-refractivity contribution is -0.117. The Morgan fingerprint density at radius 3 is 2.65 bits per heavy atom. The lowest BCUT2D eigenvalue weighted by Crippen LogP contribution is -2.31. The second-order valence-electron chi connectivity index (χ2n) is 5.87. The van der Waals surface area contributed by atoms with Gasteiger partial charge in [-0.15, -0.1) is 11.3 Å². The second-order valence-corrected chi connectivity index (χ2v) is 6.97. The zero-order valence-electron chi connectivity index (χ0n) is 14.4. The first-order chi connectivity index (χ1) is 12.6. The first-order valence-corrected chi connectivity index (χ1v) is 9.21. The number of fused-ring (bicyclic) bond motifs is 1. The maximum atomic E-state index is 12.6.